The quantitative estimate of drug-likeness (QED) is 0.772. The molecule has 1 unspecified atom stereocenters. The molecule has 0 spiro atoms. The van der Waals surface area contributed by atoms with Crippen LogP contribution in [0.25, 0.3) is 0 Å². The number of para-hydroxylation sites is 1. The lowest BCUT2D eigenvalue weighted by atomic mass is 10.1. The van der Waals surface area contributed by atoms with Gasteiger partial charge < -0.3 is 10.6 Å². The van der Waals surface area contributed by atoms with Gasteiger partial charge in [-0.3, -0.25) is 4.79 Å². The molecule has 84 valence electrons. The average Bonchev–Trinajstić information content (AvgIpc) is 2.92. The van der Waals surface area contributed by atoms with Crippen molar-refractivity contribution in [3.05, 3.63) is 29.8 Å². The van der Waals surface area contributed by atoms with Gasteiger partial charge in [0.15, 0.2) is 0 Å². The molecule has 1 amide bonds. The van der Waals surface area contributed by atoms with E-state index in [1.807, 2.05) is 23.1 Å². The molecule has 0 radical (unpaired) electrons. The molecule has 0 saturated heterocycles. The molecule has 1 saturated carbocycles. The highest BCUT2D eigenvalue weighted by molar-refractivity contribution is 6.04. The van der Waals surface area contributed by atoms with Gasteiger partial charge in [-0.1, -0.05) is 18.2 Å². The van der Waals surface area contributed by atoms with Gasteiger partial charge in [0.1, 0.15) is 0 Å². The van der Waals surface area contributed by atoms with Crippen LogP contribution in [0.3, 0.4) is 0 Å². The Morgan fingerprint density at radius 1 is 1.44 bits per heavy atom. The van der Waals surface area contributed by atoms with Gasteiger partial charge in [-0.05, 0) is 37.8 Å². The maximum atomic E-state index is 12.3. The Morgan fingerprint density at radius 2 is 2.12 bits per heavy atom. The second-order valence-electron chi connectivity index (χ2n) is 5.01. The third kappa shape index (κ3) is 1.28. The number of nitrogens with two attached hydrogens (primary N) is 1. The van der Waals surface area contributed by atoms with Gasteiger partial charge in [0, 0.05) is 11.7 Å². The maximum Gasteiger partial charge on any atom is 0.247 e. The summed E-state index contributed by atoms with van der Waals surface area (Å²) in [6.07, 6.45) is 2.60. The van der Waals surface area contributed by atoms with Gasteiger partial charge in [0.25, 0.3) is 0 Å². The topological polar surface area (TPSA) is 46.3 Å². The van der Waals surface area contributed by atoms with Crippen LogP contribution in [0.4, 0.5) is 5.69 Å². The molecule has 3 rings (SSSR count). The van der Waals surface area contributed by atoms with Crippen LogP contribution in [-0.2, 0) is 11.2 Å². The molecule has 1 atom stereocenters. The number of hydrogen-bond donors (Lipinski definition) is 1. The Bertz CT molecular complexity index is 451. The predicted octanol–water partition coefficient (Wildman–Crippen LogP) is 1.46. The number of carbonyl (C=O) groups is 1. The fraction of sp³-hybridized carbons (Fsp3) is 0.462. The van der Waals surface area contributed by atoms with Crippen LogP contribution >= 0.6 is 0 Å². The molecule has 0 aromatic heterocycles. The molecule has 1 aliphatic heterocycles. The minimum atomic E-state index is -0.564. The van der Waals surface area contributed by atoms with E-state index in [0.717, 1.165) is 24.9 Å². The summed E-state index contributed by atoms with van der Waals surface area (Å²) >= 11 is 0. The number of fused-ring (bicyclic) bond motifs is 1. The minimum absolute atomic E-state index is 0.102. The lowest BCUT2D eigenvalue weighted by Crippen LogP contribution is -2.48. The molecule has 1 fully saturated rings. The molecule has 16 heavy (non-hydrogen) atoms. The van der Waals surface area contributed by atoms with Crippen molar-refractivity contribution in [2.24, 2.45) is 5.73 Å². The smallest absolute Gasteiger partial charge is 0.247 e. The Balaban J connectivity index is 1.99. The highest BCUT2D eigenvalue weighted by Gasteiger charge is 2.50. The van der Waals surface area contributed by atoms with Crippen LogP contribution in [0.2, 0.25) is 0 Å². The van der Waals surface area contributed by atoms with Crippen LogP contribution in [0, 0.1) is 0 Å². The SMILES string of the molecule is CC1Cc2ccccc2N1C(=O)C1(N)CC1. The first-order valence-corrected chi connectivity index (χ1v) is 5.82. The van der Waals surface area contributed by atoms with Crippen molar-refractivity contribution >= 4 is 11.6 Å². The van der Waals surface area contributed by atoms with Gasteiger partial charge in [0.2, 0.25) is 5.91 Å². The van der Waals surface area contributed by atoms with Gasteiger partial charge in [-0.2, -0.15) is 0 Å². The third-order valence-electron chi connectivity index (χ3n) is 3.64. The zero-order chi connectivity index (χ0) is 11.3. The Hall–Kier alpha value is -1.35. The van der Waals surface area contributed by atoms with Gasteiger partial charge in [0.05, 0.1) is 5.54 Å². The van der Waals surface area contributed by atoms with E-state index in [9.17, 15) is 4.79 Å². The zero-order valence-corrected chi connectivity index (χ0v) is 9.44. The fourth-order valence-electron chi connectivity index (χ4n) is 2.46. The van der Waals surface area contributed by atoms with Crippen LogP contribution in [0.5, 0.6) is 0 Å². The minimum Gasteiger partial charge on any atom is -0.317 e. The van der Waals surface area contributed by atoms with Crippen LogP contribution < -0.4 is 10.6 Å². The fourth-order valence-corrected chi connectivity index (χ4v) is 2.46. The Kier molecular flexibility index (Phi) is 1.89. The van der Waals surface area contributed by atoms with E-state index in [2.05, 4.69) is 13.0 Å². The number of rotatable bonds is 1. The van der Waals surface area contributed by atoms with Crippen molar-refractivity contribution < 1.29 is 4.79 Å². The summed E-state index contributed by atoms with van der Waals surface area (Å²) in [6, 6.07) is 8.35. The summed E-state index contributed by atoms with van der Waals surface area (Å²) in [4.78, 5) is 14.2. The maximum absolute atomic E-state index is 12.3. The number of nitrogens with zero attached hydrogens (tertiary/aromatic N) is 1. The predicted molar refractivity (Wildman–Crippen MR) is 63.2 cm³/mol. The molecular formula is C13H16N2O. The van der Waals surface area contributed by atoms with Crippen molar-refractivity contribution in [3.63, 3.8) is 0 Å². The molecule has 0 bridgehead atoms. The monoisotopic (exact) mass is 216 g/mol. The first-order valence-electron chi connectivity index (χ1n) is 5.82. The van der Waals surface area contributed by atoms with Gasteiger partial charge in [-0.15, -0.1) is 0 Å². The summed E-state index contributed by atoms with van der Waals surface area (Å²) in [5.74, 6) is 0.102. The molecule has 2 N–H and O–H groups in total. The van der Waals surface area contributed by atoms with Crippen molar-refractivity contribution in [1.82, 2.24) is 0 Å². The van der Waals surface area contributed by atoms with Crippen LogP contribution in [0.15, 0.2) is 24.3 Å². The number of anilines is 1. The van der Waals surface area contributed by atoms with Gasteiger partial charge in [-0.25, -0.2) is 0 Å². The number of amides is 1. The molecule has 1 aliphatic carbocycles. The molecule has 3 nitrogen and oxygen atoms in total. The van der Waals surface area contributed by atoms with E-state index in [1.54, 1.807) is 0 Å². The number of carbonyl (C=O) groups excluding carboxylic acids is 1. The first kappa shape index (κ1) is 9.85. The van der Waals surface area contributed by atoms with E-state index in [4.69, 9.17) is 5.73 Å². The van der Waals surface area contributed by atoms with Crippen molar-refractivity contribution in [1.29, 1.82) is 0 Å². The van der Waals surface area contributed by atoms with E-state index < -0.39 is 5.54 Å². The lowest BCUT2D eigenvalue weighted by Gasteiger charge is -2.25. The average molecular weight is 216 g/mol. The van der Waals surface area contributed by atoms with E-state index in [-0.39, 0.29) is 11.9 Å². The molecule has 1 aromatic rings. The molecule has 3 heteroatoms. The normalized spacial score (nSPS) is 25.4. The van der Waals surface area contributed by atoms with Crippen molar-refractivity contribution in [3.8, 4) is 0 Å². The van der Waals surface area contributed by atoms with E-state index in [1.165, 1.54) is 5.56 Å². The summed E-state index contributed by atoms with van der Waals surface area (Å²) in [6.45, 7) is 2.09. The standard InChI is InChI=1S/C13H16N2O/c1-9-8-10-4-2-3-5-11(10)15(9)12(16)13(14)6-7-13/h2-5,9H,6-8,14H2,1H3. The number of hydrogen-bond acceptors (Lipinski definition) is 2. The molecule has 1 heterocycles. The highest BCUT2D eigenvalue weighted by Crippen LogP contribution is 2.40. The summed E-state index contributed by atoms with van der Waals surface area (Å²) in [5.41, 5.74) is 7.74. The largest absolute Gasteiger partial charge is 0.317 e. The number of benzene rings is 1. The highest BCUT2D eigenvalue weighted by atomic mass is 16.2. The van der Waals surface area contributed by atoms with Crippen molar-refractivity contribution in [2.45, 2.75) is 37.8 Å². The summed E-state index contributed by atoms with van der Waals surface area (Å²) in [5, 5.41) is 0. The van der Waals surface area contributed by atoms with Crippen LogP contribution in [-0.4, -0.2) is 17.5 Å². The Labute approximate surface area is 95.2 Å². The Morgan fingerprint density at radius 3 is 2.81 bits per heavy atom. The van der Waals surface area contributed by atoms with E-state index in [0.29, 0.717) is 0 Å². The molecule has 1 aromatic carbocycles. The molecule has 2 aliphatic rings. The first-order chi connectivity index (χ1) is 7.62. The van der Waals surface area contributed by atoms with Crippen molar-refractivity contribution in [2.75, 3.05) is 4.90 Å². The van der Waals surface area contributed by atoms with Gasteiger partial charge >= 0.3 is 0 Å². The zero-order valence-electron chi connectivity index (χ0n) is 9.44. The second-order valence-corrected chi connectivity index (χ2v) is 5.01. The van der Waals surface area contributed by atoms with Crippen LogP contribution in [0.1, 0.15) is 25.3 Å². The summed E-state index contributed by atoms with van der Waals surface area (Å²) < 4.78 is 0. The molecular weight excluding hydrogens is 200 g/mol. The lowest BCUT2D eigenvalue weighted by molar-refractivity contribution is -0.121. The second kappa shape index (κ2) is 3.08. The third-order valence-corrected chi connectivity index (χ3v) is 3.64. The summed E-state index contributed by atoms with van der Waals surface area (Å²) in [7, 11) is 0. The van der Waals surface area contributed by atoms with E-state index >= 15 is 0 Å².